The summed E-state index contributed by atoms with van der Waals surface area (Å²) < 4.78 is 21.1. The number of ether oxygens (including phenoxy) is 4. The predicted octanol–water partition coefficient (Wildman–Crippen LogP) is 7.18. The summed E-state index contributed by atoms with van der Waals surface area (Å²) in [5, 5.41) is 1.82. The van der Waals surface area contributed by atoms with Crippen LogP contribution in [-0.2, 0) is 33.4 Å². The third-order valence-electron chi connectivity index (χ3n) is 6.60. The molecule has 0 aliphatic carbocycles. The van der Waals surface area contributed by atoms with Crippen molar-refractivity contribution in [2.45, 2.75) is 117 Å². The van der Waals surface area contributed by atoms with Gasteiger partial charge in [0.15, 0.2) is 6.29 Å². The number of nitrogens with zero attached hydrogens (tertiary/aromatic N) is 1. The summed E-state index contributed by atoms with van der Waals surface area (Å²) in [6.07, 6.45) is 22.2. The van der Waals surface area contributed by atoms with E-state index in [9.17, 15) is 9.59 Å². The molecular weight excluding hydrogens is 510 g/mol. The number of esters is 2. The van der Waals surface area contributed by atoms with Crippen LogP contribution in [0.5, 0.6) is 0 Å². The molecular formula is C32H59NO7. The molecule has 0 bridgehead atoms. The summed E-state index contributed by atoms with van der Waals surface area (Å²) >= 11 is 0. The zero-order valence-electron chi connectivity index (χ0n) is 26.2. The summed E-state index contributed by atoms with van der Waals surface area (Å²) in [5.41, 5.74) is 0. The van der Waals surface area contributed by atoms with Gasteiger partial charge < -0.3 is 18.9 Å². The first kappa shape index (κ1) is 38.3. The average molecular weight is 570 g/mol. The highest BCUT2D eigenvalue weighted by Gasteiger charge is 2.18. The van der Waals surface area contributed by atoms with E-state index >= 15 is 0 Å². The molecule has 234 valence electrons. The van der Waals surface area contributed by atoms with E-state index in [4.69, 9.17) is 23.8 Å². The third-order valence-corrected chi connectivity index (χ3v) is 6.60. The normalized spacial score (nSPS) is 12.7. The van der Waals surface area contributed by atoms with Crippen molar-refractivity contribution in [2.24, 2.45) is 5.92 Å². The number of rotatable bonds is 28. The Bertz CT molecular complexity index is 645. The van der Waals surface area contributed by atoms with E-state index in [1.54, 1.807) is 0 Å². The smallest absolute Gasteiger partial charge is 0.305 e. The van der Waals surface area contributed by atoms with E-state index < -0.39 is 6.29 Å². The van der Waals surface area contributed by atoms with Crippen LogP contribution in [0.3, 0.4) is 0 Å². The van der Waals surface area contributed by atoms with Crippen LogP contribution >= 0.6 is 0 Å². The highest BCUT2D eigenvalue weighted by Crippen LogP contribution is 2.11. The van der Waals surface area contributed by atoms with Gasteiger partial charge in [0.05, 0.1) is 32.2 Å². The van der Waals surface area contributed by atoms with E-state index in [1.165, 1.54) is 52.7 Å². The fourth-order valence-electron chi connectivity index (χ4n) is 3.98. The maximum Gasteiger partial charge on any atom is 0.305 e. The summed E-state index contributed by atoms with van der Waals surface area (Å²) in [7, 11) is 3.06. The van der Waals surface area contributed by atoms with E-state index in [2.05, 4.69) is 31.2 Å². The van der Waals surface area contributed by atoms with E-state index in [-0.39, 0.29) is 37.5 Å². The molecule has 0 radical (unpaired) electrons. The van der Waals surface area contributed by atoms with Crippen molar-refractivity contribution < 1.29 is 33.4 Å². The minimum atomic E-state index is -0.440. The van der Waals surface area contributed by atoms with Crippen LogP contribution in [0.15, 0.2) is 24.3 Å². The van der Waals surface area contributed by atoms with Crippen molar-refractivity contribution in [1.29, 1.82) is 0 Å². The largest absolute Gasteiger partial charge is 0.465 e. The fourth-order valence-corrected chi connectivity index (χ4v) is 3.98. The first-order valence-corrected chi connectivity index (χ1v) is 15.5. The number of carbonyl (C=O) groups is 2. The monoisotopic (exact) mass is 569 g/mol. The highest BCUT2D eigenvalue weighted by atomic mass is 16.7. The lowest BCUT2D eigenvalue weighted by molar-refractivity contribution is -0.178. The lowest BCUT2D eigenvalue weighted by atomic mass is 10.1. The van der Waals surface area contributed by atoms with Crippen LogP contribution in [0.2, 0.25) is 0 Å². The summed E-state index contributed by atoms with van der Waals surface area (Å²) in [5.74, 6) is -0.796. The molecule has 0 saturated carbocycles. The summed E-state index contributed by atoms with van der Waals surface area (Å²) in [6.45, 7) is 8.32. The number of hydroxylamine groups is 2. The molecule has 0 aromatic heterocycles. The molecule has 1 unspecified atom stereocenters. The molecule has 8 heteroatoms. The van der Waals surface area contributed by atoms with Crippen LogP contribution < -0.4 is 0 Å². The van der Waals surface area contributed by atoms with Gasteiger partial charge in [-0.2, -0.15) is 5.06 Å². The standard InChI is InChI=1S/C32H59NO7/c1-6-9-10-11-12-13-14-15-16-17-18-19-20-21-22-23-30(34)38-26-29(28-40-33(7-2)8-3)27-39-31(35)24-25-32(36-4)37-5/h12-13,15-16,29,32H,6-11,14,17-28H2,1-5H3/b13-12-,16-15-. The maximum atomic E-state index is 12.3. The Hall–Kier alpha value is -1.74. The lowest BCUT2D eigenvalue weighted by Gasteiger charge is -2.22. The number of carbonyl (C=O) groups excluding carboxylic acids is 2. The van der Waals surface area contributed by atoms with Crippen LogP contribution in [0.1, 0.15) is 111 Å². The molecule has 0 saturated heterocycles. The molecule has 0 spiro atoms. The van der Waals surface area contributed by atoms with Gasteiger partial charge in [-0.15, -0.1) is 0 Å². The average Bonchev–Trinajstić information content (AvgIpc) is 2.97. The highest BCUT2D eigenvalue weighted by molar-refractivity contribution is 5.69. The minimum absolute atomic E-state index is 0.127. The molecule has 0 aromatic carbocycles. The van der Waals surface area contributed by atoms with Gasteiger partial charge in [0.1, 0.15) is 0 Å². The Balaban J connectivity index is 4.12. The van der Waals surface area contributed by atoms with Gasteiger partial charge in [-0.1, -0.05) is 77.2 Å². The molecule has 0 aliphatic rings. The Kier molecular flexibility index (Phi) is 27.5. The van der Waals surface area contributed by atoms with Gasteiger partial charge >= 0.3 is 11.9 Å². The second-order valence-corrected chi connectivity index (χ2v) is 10.1. The van der Waals surface area contributed by atoms with Crippen molar-refractivity contribution in [1.82, 2.24) is 5.06 Å². The third kappa shape index (κ3) is 24.1. The van der Waals surface area contributed by atoms with Crippen LogP contribution in [-0.4, -0.2) is 70.4 Å². The van der Waals surface area contributed by atoms with E-state index in [0.29, 0.717) is 19.4 Å². The molecule has 0 N–H and O–H groups in total. The first-order chi connectivity index (χ1) is 19.5. The van der Waals surface area contributed by atoms with Gasteiger partial charge in [-0.3, -0.25) is 14.4 Å². The summed E-state index contributed by atoms with van der Waals surface area (Å²) in [6, 6.07) is 0. The zero-order chi connectivity index (χ0) is 29.7. The maximum absolute atomic E-state index is 12.3. The van der Waals surface area contributed by atoms with E-state index in [1.807, 2.05) is 18.9 Å². The van der Waals surface area contributed by atoms with Crippen LogP contribution in [0.4, 0.5) is 0 Å². The Morgan fingerprint density at radius 3 is 1.80 bits per heavy atom. The molecule has 8 nitrogen and oxygen atoms in total. The summed E-state index contributed by atoms with van der Waals surface area (Å²) in [4.78, 5) is 30.2. The van der Waals surface area contributed by atoms with Gasteiger partial charge in [0, 0.05) is 40.2 Å². The van der Waals surface area contributed by atoms with Crippen LogP contribution in [0.25, 0.3) is 0 Å². The van der Waals surface area contributed by atoms with Crippen molar-refractivity contribution in [3.63, 3.8) is 0 Å². The van der Waals surface area contributed by atoms with Crippen molar-refractivity contribution in [3.05, 3.63) is 24.3 Å². The quantitative estimate of drug-likeness (QED) is 0.0322. The second-order valence-electron chi connectivity index (χ2n) is 10.1. The molecule has 0 rings (SSSR count). The first-order valence-electron chi connectivity index (χ1n) is 15.5. The number of unbranched alkanes of at least 4 members (excludes halogenated alkanes) is 8. The van der Waals surface area contributed by atoms with Crippen molar-refractivity contribution in [3.8, 4) is 0 Å². The Morgan fingerprint density at radius 1 is 0.675 bits per heavy atom. The van der Waals surface area contributed by atoms with Crippen LogP contribution in [0, 0.1) is 5.92 Å². The van der Waals surface area contributed by atoms with Gasteiger partial charge in [0.25, 0.3) is 0 Å². The van der Waals surface area contributed by atoms with Gasteiger partial charge in [-0.25, -0.2) is 0 Å². The number of hydrogen-bond acceptors (Lipinski definition) is 8. The molecule has 0 heterocycles. The van der Waals surface area contributed by atoms with Crippen molar-refractivity contribution in [2.75, 3.05) is 47.1 Å². The number of allylic oxidation sites excluding steroid dienone is 4. The molecule has 0 amide bonds. The van der Waals surface area contributed by atoms with Crippen molar-refractivity contribution >= 4 is 11.9 Å². The predicted molar refractivity (Wildman–Crippen MR) is 161 cm³/mol. The van der Waals surface area contributed by atoms with Gasteiger partial charge in [-0.05, 0) is 38.5 Å². The SMILES string of the molecule is CCCCC/C=C\C/C=C\CCCCCCCC(=O)OCC(COC(=O)CCC(OC)OC)CON(CC)CC. The molecule has 0 aromatic rings. The topological polar surface area (TPSA) is 83.5 Å². The fraction of sp³-hybridized carbons (Fsp3) is 0.812. The van der Waals surface area contributed by atoms with E-state index in [0.717, 1.165) is 45.2 Å². The Labute approximate surface area is 244 Å². The minimum Gasteiger partial charge on any atom is -0.465 e. The number of hydrogen-bond donors (Lipinski definition) is 0. The molecule has 1 atom stereocenters. The second kappa shape index (κ2) is 28.8. The lowest BCUT2D eigenvalue weighted by Crippen LogP contribution is -2.31. The number of methoxy groups -OCH3 is 2. The molecule has 0 aliphatic heterocycles. The van der Waals surface area contributed by atoms with Gasteiger partial charge in [0.2, 0.25) is 0 Å². The zero-order valence-corrected chi connectivity index (χ0v) is 26.2. The Morgan fingerprint density at radius 2 is 1.23 bits per heavy atom. The molecule has 40 heavy (non-hydrogen) atoms. The molecule has 0 fully saturated rings.